The van der Waals surface area contributed by atoms with Gasteiger partial charge in [-0.25, -0.2) is 4.98 Å². The molecule has 0 saturated heterocycles. The Balaban J connectivity index is 1.60. The molecule has 1 aromatic heterocycles. The number of carbonyl (C=O) groups is 2. The molecular weight excluding hydrogens is 484 g/mol. The Morgan fingerprint density at radius 1 is 0.821 bits per heavy atom. The number of carbonyl (C=O) groups excluding carboxylic acids is 2. The van der Waals surface area contributed by atoms with Gasteiger partial charge in [-0.05, 0) is 61.9 Å². The van der Waals surface area contributed by atoms with Crippen LogP contribution in [0.2, 0.25) is 0 Å². The average molecular weight is 525 g/mol. The van der Waals surface area contributed by atoms with Gasteiger partial charge in [0.25, 0.3) is 5.91 Å². The van der Waals surface area contributed by atoms with E-state index in [1.165, 1.54) is 0 Å². The zero-order valence-corrected chi connectivity index (χ0v) is 23.8. The van der Waals surface area contributed by atoms with E-state index in [2.05, 4.69) is 44.5 Å². The molecule has 4 aromatic rings. The lowest BCUT2D eigenvalue weighted by Gasteiger charge is -2.24. The molecule has 0 aliphatic rings. The molecule has 0 aliphatic carbocycles. The highest BCUT2D eigenvalue weighted by Crippen LogP contribution is 2.26. The standard InChI is InChI=1S/C33H40N4O2/c1-6-37-30-22-27(32(39)36(19-17-23(2)3)20-18-24(4)5)15-16-29(30)35-33(37)34-28-14-10-13-26(21-28)31(38)25-11-8-7-9-12-25/h7-16,21-24H,6,17-20H2,1-5H3,(H,34,35). The van der Waals surface area contributed by atoms with Crippen LogP contribution in [0.1, 0.15) is 73.7 Å². The molecule has 0 spiro atoms. The van der Waals surface area contributed by atoms with Crippen molar-refractivity contribution in [2.24, 2.45) is 11.8 Å². The van der Waals surface area contributed by atoms with E-state index in [0.29, 0.717) is 41.0 Å². The second-order valence-electron chi connectivity index (χ2n) is 10.9. The van der Waals surface area contributed by atoms with Crippen molar-refractivity contribution < 1.29 is 9.59 Å². The largest absolute Gasteiger partial charge is 0.339 e. The maximum Gasteiger partial charge on any atom is 0.253 e. The van der Waals surface area contributed by atoms with E-state index in [1.54, 1.807) is 0 Å². The second-order valence-corrected chi connectivity index (χ2v) is 10.9. The summed E-state index contributed by atoms with van der Waals surface area (Å²) < 4.78 is 2.07. The minimum atomic E-state index is -0.0223. The number of hydrogen-bond acceptors (Lipinski definition) is 4. The maximum atomic E-state index is 13.6. The fourth-order valence-electron chi connectivity index (χ4n) is 4.62. The lowest BCUT2D eigenvalue weighted by molar-refractivity contribution is 0.0740. The van der Waals surface area contributed by atoms with E-state index >= 15 is 0 Å². The van der Waals surface area contributed by atoms with Gasteiger partial charge in [-0.2, -0.15) is 0 Å². The number of ketones is 1. The summed E-state index contributed by atoms with van der Waals surface area (Å²) in [4.78, 5) is 33.4. The molecule has 6 nitrogen and oxygen atoms in total. The zero-order valence-electron chi connectivity index (χ0n) is 23.8. The summed E-state index contributed by atoms with van der Waals surface area (Å²) >= 11 is 0. The lowest BCUT2D eigenvalue weighted by atomic mass is 10.0. The van der Waals surface area contributed by atoms with Crippen LogP contribution in [0, 0.1) is 11.8 Å². The van der Waals surface area contributed by atoms with Crippen LogP contribution in [0.25, 0.3) is 11.0 Å². The fraction of sp³-hybridized carbons (Fsp3) is 0.364. The van der Waals surface area contributed by atoms with Crippen molar-refractivity contribution in [3.63, 3.8) is 0 Å². The molecule has 0 fully saturated rings. The molecule has 0 atom stereocenters. The minimum absolute atomic E-state index is 0.0223. The summed E-state index contributed by atoms with van der Waals surface area (Å²) in [6.07, 6.45) is 1.97. The average Bonchev–Trinajstić information content (AvgIpc) is 3.28. The Hall–Kier alpha value is -3.93. The molecule has 0 bridgehead atoms. The number of fused-ring (bicyclic) bond motifs is 1. The molecule has 1 N–H and O–H groups in total. The summed E-state index contributed by atoms with van der Waals surface area (Å²) in [6, 6.07) is 22.5. The van der Waals surface area contributed by atoms with Gasteiger partial charge >= 0.3 is 0 Å². The summed E-state index contributed by atoms with van der Waals surface area (Å²) in [5.74, 6) is 1.81. The van der Waals surface area contributed by atoms with E-state index in [-0.39, 0.29) is 11.7 Å². The first-order valence-electron chi connectivity index (χ1n) is 14.0. The molecule has 4 rings (SSSR count). The van der Waals surface area contributed by atoms with Crippen molar-refractivity contribution in [1.82, 2.24) is 14.5 Å². The first-order valence-corrected chi connectivity index (χ1v) is 14.0. The topological polar surface area (TPSA) is 67.2 Å². The molecular formula is C33H40N4O2. The predicted octanol–water partition coefficient (Wildman–Crippen LogP) is 7.57. The highest BCUT2D eigenvalue weighted by molar-refractivity contribution is 6.09. The molecule has 0 aliphatic heterocycles. The van der Waals surface area contributed by atoms with Gasteiger partial charge < -0.3 is 14.8 Å². The number of nitrogens with zero attached hydrogens (tertiary/aromatic N) is 3. The van der Waals surface area contributed by atoms with Gasteiger partial charge in [0.05, 0.1) is 11.0 Å². The maximum absolute atomic E-state index is 13.6. The first kappa shape index (κ1) is 28.1. The summed E-state index contributed by atoms with van der Waals surface area (Å²) in [7, 11) is 0. The van der Waals surface area contributed by atoms with Gasteiger partial charge in [0, 0.05) is 42.0 Å². The van der Waals surface area contributed by atoms with E-state index in [0.717, 1.165) is 42.7 Å². The molecule has 0 saturated carbocycles. The van der Waals surface area contributed by atoms with Gasteiger partial charge in [0.2, 0.25) is 5.95 Å². The number of aryl methyl sites for hydroxylation is 1. The number of imidazole rings is 1. The van der Waals surface area contributed by atoms with E-state index in [1.807, 2.05) is 77.7 Å². The Bertz CT molecular complexity index is 1410. The number of benzene rings is 3. The first-order chi connectivity index (χ1) is 18.8. The predicted molar refractivity (Wildman–Crippen MR) is 160 cm³/mol. The monoisotopic (exact) mass is 524 g/mol. The summed E-state index contributed by atoms with van der Waals surface area (Å²) in [6.45, 7) is 13.0. The molecule has 0 unspecified atom stereocenters. The number of amides is 1. The fourth-order valence-corrected chi connectivity index (χ4v) is 4.62. The van der Waals surface area contributed by atoms with Crippen LogP contribution in [0.15, 0.2) is 72.8 Å². The van der Waals surface area contributed by atoms with E-state index in [9.17, 15) is 9.59 Å². The smallest absolute Gasteiger partial charge is 0.253 e. The van der Waals surface area contributed by atoms with Gasteiger partial charge in [-0.1, -0.05) is 70.2 Å². The van der Waals surface area contributed by atoms with Crippen molar-refractivity contribution in [2.45, 2.75) is 54.0 Å². The van der Waals surface area contributed by atoms with Gasteiger partial charge in [-0.15, -0.1) is 0 Å². The number of anilines is 2. The quantitative estimate of drug-likeness (QED) is 0.194. The van der Waals surface area contributed by atoms with Crippen LogP contribution < -0.4 is 5.32 Å². The molecule has 204 valence electrons. The second kappa shape index (κ2) is 12.7. The number of hydrogen-bond donors (Lipinski definition) is 1. The third kappa shape index (κ3) is 6.94. The van der Waals surface area contributed by atoms with Crippen LogP contribution in [0.5, 0.6) is 0 Å². The summed E-state index contributed by atoms with van der Waals surface area (Å²) in [5.41, 5.74) is 4.47. The van der Waals surface area contributed by atoms with Crippen LogP contribution in [0.4, 0.5) is 11.6 Å². The Morgan fingerprint density at radius 2 is 1.49 bits per heavy atom. The van der Waals surface area contributed by atoms with Crippen molar-refractivity contribution >= 4 is 34.4 Å². The molecule has 1 amide bonds. The van der Waals surface area contributed by atoms with Crippen LogP contribution >= 0.6 is 0 Å². The van der Waals surface area contributed by atoms with Crippen molar-refractivity contribution in [1.29, 1.82) is 0 Å². The number of aromatic nitrogens is 2. The van der Waals surface area contributed by atoms with Crippen molar-refractivity contribution in [3.05, 3.63) is 89.5 Å². The number of nitrogens with one attached hydrogen (secondary N) is 1. The van der Waals surface area contributed by atoms with E-state index in [4.69, 9.17) is 4.98 Å². The Morgan fingerprint density at radius 3 is 2.13 bits per heavy atom. The Labute approximate surface area is 232 Å². The van der Waals surface area contributed by atoms with Gasteiger partial charge in [0.1, 0.15) is 0 Å². The molecule has 1 heterocycles. The highest BCUT2D eigenvalue weighted by atomic mass is 16.2. The van der Waals surface area contributed by atoms with Crippen molar-refractivity contribution in [3.8, 4) is 0 Å². The highest BCUT2D eigenvalue weighted by Gasteiger charge is 2.19. The van der Waals surface area contributed by atoms with Gasteiger partial charge in [0.15, 0.2) is 5.78 Å². The molecule has 3 aromatic carbocycles. The van der Waals surface area contributed by atoms with Gasteiger partial charge in [-0.3, -0.25) is 9.59 Å². The Kier molecular flexibility index (Phi) is 9.18. The minimum Gasteiger partial charge on any atom is -0.339 e. The molecule has 6 heteroatoms. The van der Waals surface area contributed by atoms with Crippen LogP contribution in [-0.4, -0.2) is 39.2 Å². The normalized spacial score (nSPS) is 11.4. The zero-order chi connectivity index (χ0) is 27.9. The number of rotatable bonds is 12. The molecule has 0 radical (unpaired) electrons. The third-order valence-electron chi connectivity index (χ3n) is 6.97. The van der Waals surface area contributed by atoms with Crippen LogP contribution in [-0.2, 0) is 6.54 Å². The summed E-state index contributed by atoms with van der Waals surface area (Å²) in [5, 5.41) is 3.40. The van der Waals surface area contributed by atoms with Crippen LogP contribution in [0.3, 0.4) is 0 Å². The third-order valence-corrected chi connectivity index (χ3v) is 6.97. The van der Waals surface area contributed by atoms with Crippen molar-refractivity contribution in [2.75, 3.05) is 18.4 Å². The molecule has 39 heavy (non-hydrogen) atoms. The van der Waals surface area contributed by atoms with E-state index < -0.39 is 0 Å². The SMILES string of the molecule is CCn1c(Nc2cccc(C(=O)c3ccccc3)c2)nc2ccc(C(=O)N(CCC(C)C)CCC(C)C)cc21. The lowest BCUT2D eigenvalue weighted by Crippen LogP contribution is -2.34.